The van der Waals surface area contributed by atoms with Crippen LogP contribution < -0.4 is 4.90 Å². The lowest BCUT2D eigenvalue weighted by Crippen LogP contribution is -2.32. The molecule has 0 saturated carbocycles. The lowest BCUT2D eigenvalue weighted by molar-refractivity contribution is 0.0397. The lowest BCUT2D eigenvalue weighted by atomic mass is 10.2. The Labute approximate surface area is 102 Å². The molecule has 0 radical (unpaired) electrons. The number of hydrazone groups is 1. The molecule has 1 fully saturated rings. The summed E-state index contributed by atoms with van der Waals surface area (Å²) in [6.45, 7) is 3.31. The summed E-state index contributed by atoms with van der Waals surface area (Å²) in [6, 6.07) is 8.36. The fourth-order valence-corrected chi connectivity index (χ4v) is 1.68. The first kappa shape index (κ1) is 11.9. The van der Waals surface area contributed by atoms with Crippen LogP contribution in [0.5, 0.6) is 0 Å². The van der Waals surface area contributed by atoms with Crippen LogP contribution in [0.1, 0.15) is 5.56 Å². The Morgan fingerprint density at radius 1 is 1.18 bits per heavy atom. The Morgan fingerprint density at radius 2 is 1.82 bits per heavy atom. The Hall–Kier alpha value is -1.55. The first-order valence-electron chi connectivity index (χ1n) is 5.90. The van der Waals surface area contributed by atoms with E-state index in [1.807, 2.05) is 25.3 Å². The van der Waals surface area contributed by atoms with E-state index >= 15 is 0 Å². The molecule has 1 aliphatic heterocycles. The number of nitrogens with zero attached hydrogens (tertiary/aromatic N) is 3. The fraction of sp³-hybridized carbons (Fsp3) is 0.462. The number of hydrogen-bond donors (Lipinski definition) is 0. The topological polar surface area (TPSA) is 28.1 Å². The highest BCUT2D eigenvalue weighted by Gasteiger charge is 2.06. The second kappa shape index (κ2) is 5.68. The van der Waals surface area contributed by atoms with Crippen LogP contribution in [0.25, 0.3) is 0 Å². The summed E-state index contributed by atoms with van der Waals surface area (Å²) < 4.78 is 5.27. The summed E-state index contributed by atoms with van der Waals surface area (Å²) >= 11 is 0. The number of ether oxygens (including phenoxy) is 1. The molecule has 0 aliphatic carbocycles. The molecular formula is C13H19N3O. The molecule has 1 aromatic carbocycles. The Morgan fingerprint density at radius 3 is 2.41 bits per heavy atom. The maximum absolute atomic E-state index is 5.27. The average molecular weight is 233 g/mol. The second-order valence-corrected chi connectivity index (χ2v) is 4.30. The van der Waals surface area contributed by atoms with Crippen LogP contribution in [0.2, 0.25) is 0 Å². The van der Waals surface area contributed by atoms with E-state index in [1.54, 1.807) is 0 Å². The number of benzene rings is 1. The molecule has 92 valence electrons. The van der Waals surface area contributed by atoms with Crippen LogP contribution in [0, 0.1) is 0 Å². The monoisotopic (exact) mass is 233 g/mol. The summed E-state index contributed by atoms with van der Waals surface area (Å²) in [6.07, 6.45) is 1.91. The summed E-state index contributed by atoms with van der Waals surface area (Å²) in [5.74, 6) is 0. The molecule has 0 amide bonds. The van der Waals surface area contributed by atoms with E-state index in [0.717, 1.165) is 31.9 Å². The van der Waals surface area contributed by atoms with E-state index in [4.69, 9.17) is 4.74 Å². The standard InChI is InChI=1S/C13H19N3O/c1-15(2)13-5-3-12(4-6-13)11-14-16-7-9-17-10-8-16/h3-6,11H,7-10H2,1-2H3/b14-11-. The van der Waals surface area contributed by atoms with Crippen LogP contribution >= 0.6 is 0 Å². The molecule has 0 spiro atoms. The van der Waals surface area contributed by atoms with Crippen molar-refractivity contribution in [1.82, 2.24) is 5.01 Å². The first-order chi connectivity index (χ1) is 8.25. The predicted octanol–water partition coefficient (Wildman–Crippen LogP) is 1.42. The molecule has 1 saturated heterocycles. The van der Waals surface area contributed by atoms with E-state index in [-0.39, 0.29) is 0 Å². The van der Waals surface area contributed by atoms with E-state index < -0.39 is 0 Å². The van der Waals surface area contributed by atoms with Gasteiger partial charge in [0.15, 0.2) is 0 Å². The minimum absolute atomic E-state index is 0.775. The molecule has 0 N–H and O–H groups in total. The molecule has 1 aromatic rings. The van der Waals surface area contributed by atoms with Crippen molar-refractivity contribution in [3.63, 3.8) is 0 Å². The van der Waals surface area contributed by atoms with E-state index in [0.29, 0.717) is 0 Å². The van der Waals surface area contributed by atoms with Gasteiger partial charge in [0.1, 0.15) is 0 Å². The fourth-order valence-electron chi connectivity index (χ4n) is 1.68. The average Bonchev–Trinajstić information content (AvgIpc) is 2.38. The minimum Gasteiger partial charge on any atom is -0.378 e. The van der Waals surface area contributed by atoms with Gasteiger partial charge >= 0.3 is 0 Å². The van der Waals surface area contributed by atoms with E-state index in [9.17, 15) is 0 Å². The van der Waals surface area contributed by atoms with Crippen LogP contribution in [0.15, 0.2) is 29.4 Å². The zero-order valence-electron chi connectivity index (χ0n) is 10.5. The highest BCUT2D eigenvalue weighted by molar-refractivity contribution is 5.80. The highest BCUT2D eigenvalue weighted by atomic mass is 16.5. The molecule has 1 heterocycles. The first-order valence-corrected chi connectivity index (χ1v) is 5.90. The van der Waals surface area contributed by atoms with Gasteiger partial charge in [0.25, 0.3) is 0 Å². The SMILES string of the molecule is CN(C)c1ccc(/C=N\N2CCOCC2)cc1. The molecule has 4 heteroatoms. The summed E-state index contributed by atoms with van der Waals surface area (Å²) in [5.41, 5.74) is 2.33. The molecule has 17 heavy (non-hydrogen) atoms. The van der Waals surface area contributed by atoms with Crippen molar-refractivity contribution in [2.24, 2.45) is 5.10 Å². The number of morpholine rings is 1. The quantitative estimate of drug-likeness (QED) is 0.739. The van der Waals surface area contributed by atoms with Gasteiger partial charge in [0.05, 0.1) is 32.5 Å². The maximum Gasteiger partial charge on any atom is 0.0659 e. The van der Waals surface area contributed by atoms with Gasteiger partial charge in [0.2, 0.25) is 0 Å². The van der Waals surface area contributed by atoms with Gasteiger partial charge < -0.3 is 9.64 Å². The van der Waals surface area contributed by atoms with Crippen molar-refractivity contribution in [2.75, 3.05) is 45.3 Å². The van der Waals surface area contributed by atoms with Crippen LogP contribution in [0.4, 0.5) is 5.69 Å². The maximum atomic E-state index is 5.27. The van der Waals surface area contributed by atoms with Gasteiger partial charge in [-0.3, -0.25) is 5.01 Å². The number of anilines is 1. The van der Waals surface area contributed by atoms with Crippen LogP contribution in [-0.4, -0.2) is 51.6 Å². The zero-order valence-corrected chi connectivity index (χ0v) is 10.5. The van der Waals surface area contributed by atoms with Crippen molar-refractivity contribution in [2.45, 2.75) is 0 Å². The van der Waals surface area contributed by atoms with E-state index in [1.165, 1.54) is 5.69 Å². The highest BCUT2D eigenvalue weighted by Crippen LogP contribution is 2.11. The van der Waals surface area contributed by atoms with Crippen molar-refractivity contribution in [3.05, 3.63) is 29.8 Å². The largest absolute Gasteiger partial charge is 0.378 e. The normalized spacial score (nSPS) is 16.5. The third-order valence-electron chi connectivity index (χ3n) is 2.77. The molecular weight excluding hydrogens is 214 g/mol. The van der Waals surface area contributed by atoms with Crippen molar-refractivity contribution in [1.29, 1.82) is 0 Å². The summed E-state index contributed by atoms with van der Waals surface area (Å²) in [7, 11) is 4.08. The zero-order chi connectivity index (χ0) is 12.1. The van der Waals surface area contributed by atoms with Gasteiger partial charge in [-0.25, -0.2) is 0 Å². The Balaban J connectivity index is 1.95. The van der Waals surface area contributed by atoms with Gasteiger partial charge in [-0.2, -0.15) is 5.10 Å². The van der Waals surface area contributed by atoms with E-state index in [2.05, 4.69) is 34.3 Å². The summed E-state index contributed by atoms with van der Waals surface area (Å²) in [4.78, 5) is 2.09. The number of hydrogen-bond acceptors (Lipinski definition) is 4. The molecule has 1 aliphatic rings. The Kier molecular flexibility index (Phi) is 3.98. The van der Waals surface area contributed by atoms with Gasteiger partial charge in [-0.1, -0.05) is 12.1 Å². The van der Waals surface area contributed by atoms with Gasteiger partial charge in [0, 0.05) is 19.8 Å². The number of rotatable bonds is 3. The minimum atomic E-state index is 0.775. The third kappa shape index (κ3) is 3.46. The molecule has 0 unspecified atom stereocenters. The summed E-state index contributed by atoms with van der Waals surface area (Å²) in [5, 5.41) is 6.49. The predicted molar refractivity (Wildman–Crippen MR) is 70.8 cm³/mol. The smallest absolute Gasteiger partial charge is 0.0659 e. The van der Waals surface area contributed by atoms with Crippen LogP contribution in [0.3, 0.4) is 0 Å². The van der Waals surface area contributed by atoms with Crippen molar-refractivity contribution in [3.8, 4) is 0 Å². The van der Waals surface area contributed by atoms with Crippen molar-refractivity contribution < 1.29 is 4.74 Å². The molecule has 0 atom stereocenters. The lowest BCUT2D eigenvalue weighted by Gasteiger charge is -2.23. The van der Waals surface area contributed by atoms with Crippen molar-refractivity contribution >= 4 is 11.9 Å². The Bertz CT molecular complexity index is 367. The third-order valence-corrected chi connectivity index (χ3v) is 2.77. The molecule has 2 rings (SSSR count). The molecule has 0 bridgehead atoms. The molecule has 0 aromatic heterocycles. The molecule has 4 nitrogen and oxygen atoms in total. The second-order valence-electron chi connectivity index (χ2n) is 4.30. The van der Waals surface area contributed by atoms with Gasteiger partial charge in [-0.05, 0) is 17.7 Å². The van der Waals surface area contributed by atoms with Crippen LogP contribution in [-0.2, 0) is 4.74 Å². The van der Waals surface area contributed by atoms with Gasteiger partial charge in [-0.15, -0.1) is 0 Å².